The number of carbonyl (C=O) groups is 6. The molecule has 0 spiro atoms. The highest BCUT2D eigenvalue weighted by atomic mass is 32.2. The Hall–Kier alpha value is -8.18. The van der Waals surface area contributed by atoms with Gasteiger partial charge in [0.05, 0.1) is 6.54 Å². The Labute approximate surface area is 419 Å². The van der Waals surface area contributed by atoms with Crippen LogP contribution in [0.15, 0.2) is 95.2 Å². The zero-order chi connectivity index (χ0) is 51.0. The molecule has 7 amide bonds. The van der Waals surface area contributed by atoms with E-state index in [1.807, 2.05) is 21.6 Å². The van der Waals surface area contributed by atoms with Gasteiger partial charge in [-0.2, -0.15) is 27.0 Å². The number of benzene rings is 4. The standard InChI is InChI=1S/C50H49N11O10S2/c62-42(27-51-47(64)30-8-2-1-3-9-30)60-24-22-40(56-60)73(70,71)59-50(67)55-46-38-16-6-14-36(38)44(37-15-7-17-39(37)46)29-18-20-33(21-19-29)53-48(65)52-28-43(63)61-25-23-41(57-61)72(68,69)58-49(66)54-45-34-12-4-10-31(34)26-32-11-5-13-35(32)45/h1-3,8-9,18-26H,4-7,10-17,27-28H2,(H,51,64)(H2,52,53,65)(H2,54,58,66)(H2,55,59,67). The highest BCUT2D eigenvalue weighted by Crippen LogP contribution is 2.46. The summed E-state index contributed by atoms with van der Waals surface area (Å²) in [6.07, 6.45) is 11.9. The maximum Gasteiger partial charge on any atom is 0.333 e. The van der Waals surface area contributed by atoms with Crippen LogP contribution in [0.4, 0.5) is 31.4 Å². The van der Waals surface area contributed by atoms with Gasteiger partial charge >= 0.3 is 18.1 Å². The van der Waals surface area contributed by atoms with Crippen molar-refractivity contribution in [3.63, 3.8) is 0 Å². The highest BCUT2D eigenvalue weighted by Gasteiger charge is 2.32. The van der Waals surface area contributed by atoms with Gasteiger partial charge in [0.15, 0.2) is 10.1 Å². The van der Waals surface area contributed by atoms with Crippen molar-refractivity contribution in [2.75, 3.05) is 29.0 Å². The van der Waals surface area contributed by atoms with Crippen LogP contribution in [0.2, 0.25) is 0 Å². The number of hydrogen-bond donors (Lipinski definition) is 7. The zero-order valence-electron chi connectivity index (χ0n) is 39.2. The van der Waals surface area contributed by atoms with Crippen LogP contribution < -0.4 is 36.0 Å². The fourth-order valence-corrected chi connectivity index (χ4v) is 12.0. The number of nitrogens with zero attached hydrogens (tertiary/aromatic N) is 4. The fraction of sp³-hybridized carbons (Fsp3) is 0.280. The topological polar surface area (TPSA) is 291 Å². The molecular formula is C50H49N11O10S2. The van der Waals surface area contributed by atoms with Crippen LogP contribution >= 0.6 is 0 Å². The van der Waals surface area contributed by atoms with E-state index in [2.05, 4.69) is 42.8 Å². The Balaban J connectivity index is 0.736. The van der Waals surface area contributed by atoms with Crippen LogP contribution in [0, 0.1) is 0 Å². The summed E-state index contributed by atoms with van der Waals surface area (Å²) in [5, 5.41) is 19.8. The van der Waals surface area contributed by atoms with Crippen LogP contribution in [0.25, 0.3) is 11.1 Å². The van der Waals surface area contributed by atoms with Gasteiger partial charge in [-0.3, -0.25) is 14.4 Å². The number of aromatic nitrogens is 4. The van der Waals surface area contributed by atoms with Crippen molar-refractivity contribution in [3.05, 3.63) is 135 Å². The van der Waals surface area contributed by atoms with E-state index in [0.29, 0.717) is 48.3 Å². The minimum Gasteiger partial charge on any atom is -0.343 e. The second-order valence-electron chi connectivity index (χ2n) is 18.1. The van der Waals surface area contributed by atoms with E-state index in [4.69, 9.17) is 0 Å². The Bertz CT molecular complexity index is 3430. The van der Waals surface area contributed by atoms with Crippen molar-refractivity contribution in [1.82, 2.24) is 39.6 Å². The zero-order valence-corrected chi connectivity index (χ0v) is 40.8. The largest absolute Gasteiger partial charge is 0.343 e. The number of sulfonamides is 2. The third kappa shape index (κ3) is 10.0. The first kappa shape index (κ1) is 48.4. The maximum absolute atomic E-state index is 13.4. The van der Waals surface area contributed by atoms with Crippen LogP contribution in [-0.2, 0) is 71.4 Å². The van der Waals surface area contributed by atoms with Gasteiger partial charge in [-0.1, -0.05) is 36.4 Å². The molecule has 0 atom stereocenters. The monoisotopic (exact) mass is 1030 g/mol. The molecule has 6 aromatic rings. The van der Waals surface area contributed by atoms with Crippen molar-refractivity contribution in [3.8, 4) is 11.1 Å². The second-order valence-corrected chi connectivity index (χ2v) is 21.4. The van der Waals surface area contributed by atoms with E-state index in [-0.39, 0.29) is 0 Å². The molecule has 2 aromatic heterocycles. The molecule has 7 N–H and O–H groups in total. The Morgan fingerprint density at radius 3 is 1.49 bits per heavy atom. The molecule has 0 bridgehead atoms. The summed E-state index contributed by atoms with van der Waals surface area (Å²) in [7, 11) is -8.98. The summed E-state index contributed by atoms with van der Waals surface area (Å²) >= 11 is 0. The summed E-state index contributed by atoms with van der Waals surface area (Å²) < 4.78 is 58.4. The van der Waals surface area contributed by atoms with Crippen LogP contribution in [-0.4, -0.2) is 85.3 Å². The lowest BCUT2D eigenvalue weighted by molar-refractivity contribution is 0.0849. The average Bonchev–Trinajstić information content (AvgIpc) is 4.23. The van der Waals surface area contributed by atoms with Gasteiger partial charge in [0.25, 0.3) is 37.8 Å². The van der Waals surface area contributed by atoms with Gasteiger partial charge in [0, 0.05) is 35.0 Å². The Morgan fingerprint density at radius 1 is 0.493 bits per heavy atom. The Morgan fingerprint density at radius 2 is 0.959 bits per heavy atom. The van der Waals surface area contributed by atoms with Crippen LogP contribution in [0.5, 0.6) is 0 Å². The van der Waals surface area contributed by atoms with Gasteiger partial charge in [0.2, 0.25) is 0 Å². The van der Waals surface area contributed by atoms with E-state index >= 15 is 0 Å². The van der Waals surface area contributed by atoms with Crippen molar-refractivity contribution in [2.45, 2.75) is 87.1 Å². The molecule has 0 saturated heterocycles. The van der Waals surface area contributed by atoms with Gasteiger partial charge in [0.1, 0.15) is 6.54 Å². The Kier molecular flexibility index (Phi) is 13.1. The highest BCUT2D eigenvalue weighted by molar-refractivity contribution is 7.90. The number of rotatable bonds is 13. The lowest BCUT2D eigenvalue weighted by Crippen LogP contribution is -2.36. The summed E-state index contributed by atoms with van der Waals surface area (Å²) in [4.78, 5) is 77.4. The number of amides is 7. The second kappa shape index (κ2) is 19.8. The lowest BCUT2D eigenvalue weighted by Gasteiger charge is -2.21. The SMILES string of the molecule is O=C(NCC(=O)n1ccc(S(=O)(=O)NC(=O)Nc2c3c(cc4c2CCC4)CCC3)n1)Nc1ccc(-c2c3c(c(NC(=O)NS(=O)(=O)c4ccn(C(=O)CNC(=O)c5ccccc5)n4)c4c2CCC4)CCC3)cc1. The minimum absolute atomic E-state index is 0.344. The molecule has 0 saturated carbocycles. The molecule has 376 valence electrons. The number of aryl methyl sites for hydroxylation is 2. The van der Waals surface area contributed by atoms with Gasteiger partial charge in [-0.15, -0.1) is 0 Å². The van der Waals surface area contributed by atoms with E-state index in [1.165, 1.54) is 11.1 Å². The number of fused-ring (bicyclic) bond motifs is 4. The van der Waals surface area contributed by atoms with Gasteiger partial charge in [-0.05, 0) is 169 Å². The van der Waals surface area contributed by atoms with Crippen molar-refractivity contribution < 1.29 is 45.6 Å². The predicted molar refractivity (Wildman–Crippen MR) is 267 cm³/mol. The number of nitrogens with one attached hydrogen (secondary N) is 7. The molecule has 4 aliphatic rings. The molecule has 0 radical (unpaired) electrons. The van der Waals surface area contributed by atoms with Crippen molar-refractivity contribution >= 4 is 72.9 Å². The number of hydrogen-bond acceptors (Lipinski definition) is 12. The van der Waals surface area contributed by atoms with Gasteiger partial charge in [-0.25, -0.2) is 33.2 Å². The summed E-state index contributed by atoms with van der Waals surface area (Å²) in [6, 6.07) is 17.1. The molecule has 4 aliphatic carbocycles. The maximum atomic E-state index is 13.4. The first-order valence-electron chi connectivity index (χ1n) is 23.8. The first-order valence-corrected chi connectivity index (χ1v) is 26.8. The predicted octanol–water partition coefficient (Wildman–Crippen LogP) is 5.25. The smallest absolute Gasteiger partial charge is 0.333 e. The lowest BCUT2D eigenvalue weighted by atomic mass is 9.88. The molecule has 23 heteroatoms. The number of carbonyl (C=O) groups excluding carboxylic acids is 6. The van der Waals surface area contributed by atoms with E-state index in [0.717, 1.165) is 130 Å². The molecule has 10 rings (SSSR count). The quantitative estimate of drug-likeness (QED) is 0.0781. The molecule has 73 heavy (non-hydrogen) atoms. The molecule has 21 nitrogen and oxygen atoms in total. The normalized spacial score (nSPS) is 14.3. The molecule has 0 aliphatic heterocycles. The van der Waals surface area contributed by atoms with E-state index in [9.17, 15) is 45.6 Å². The molecule has 4 aromatic carbocycles. The van der Waals surface area contributed by atoms with Crippen LogP contribution in [0.3, 0.4) is 0 Å². The number of anilines is 3. The average molecular weight is 1030 g/mol. The molecule has 0 fully saturated rings. The molecular weight excluding hydrogens is 979 g/mol. The first-order chi connectivity index (χ1) is 35.1. The van der Waals surface area contributed by atoms with E-state index in [1.54, 1.807) is 42.5 Å². The molecule has 2 heterocycles. The van der Waals surface area contributed by atoms with Gasteiger partial charge < -0.3 is 26.6 Å². The summed E-state index contributed by atoms with van der Waals surface area (Å²) in [5.41, 5.74) is 12.2. The third-order valence-corrected chi connectivity index (χ3v) is 16.0. The molecule has 0 unspecified atom stereocenters. The minimum atomic E-state index is -4.52. The number of urea groups is 3. The summed E-state index contributed by atoms with van der Waals surface area (Å²) in [5.74, 6) is -1.93. The van der Waals surface area contributed by atoms with E-state index < -0.39 is 79.0 Å². The fourth-order valence-electron chi connectivity index (χ4n) is 10.3. The van der Waals surface area contributed by atoms with Crippen LogP contribution in [0.1, 0.15) is 90.1 Å². The summed E-state index contributed by atoms with van der Waals surface area (Å²) in [6.45, 7) is -0.983. The van der Waals surface area contributed by atoms with Crippen molar-refractivity contribution in [1.29, 1.82) is 0 Å². The third-order valence-electron chi connectivity index (χ3n) is 13.5. The van der Waals surface area contributed by atoms with Crippen molar-refractivity contribution in [2.24, 2.45) is 0 Å².